The van der Waals surface area contributed by atoms with Crippen molar-refractivity contribution in [1.29, 1.82) is 0 Å². The molecule has 0 amide bonds. The lowest BCUT2D eigenvalue weighted by Gasteiger charge is -2.30. The normalized spacial score (nSPS) is 11.3. The van der Waals surface area contributed by atoms with Gasteiger partial charge >= 0.3 is 0 Å². The van der Waals surface area contributed by atoms with Gasteiger partial charge in [-0.25, -0.2) is 0 Å². The van der Waals surface area contributed by atoms with Crippen molar-refractivity contribution in [3.05, 3.63) is 24.3 Å². The summed E-state index contributed by atoms with van der Waals surface area (Å²) in [4.78, 5) is 0. The number of nitrogens with two attached hydrogens (primary N) is 1. The van der Waals surface area contributed by atoms with E-state index >= 15 is 0 Å². The summed E-state index contributed by atoms with van der Waals surface area (Å²) in [6.45, 7) is 5.79. The predicted molar refractivity (Wildman–Crippen MR) is 75.2 cm³/mol. The first-order chi connectivity index (χ1) is 8.71. The molecule has 3 nitrogen and oxygen atoms in total. The maximum atomic E-state index is 5.88. The number of benzene rings is 1. The fourth-order valence-corrected chi connectivity index (χ4v) is 2.11. The smallest absolute Gasteiger partial charge is 0.161 e. The van der Waals surface area contributed by atoms with Gasteiger partial charge in [-0.1, -0.05) is 26.0 Å². The highest BCUT2D eigenvalue weighted by Crippen LogP contribution is 2.31. The summed E-state index contributed by atoms with van der Waals surface area (Å²) in [7, 11) is 1.66. The fourth-order valence-electron chi connectivity index (χ4n) is 2.11. The number of para-hydroxylation sites is 2. The molecule has 0 aliphatic heterocycles. The molecule has 0 atom stereocenters. The Morgan fingerprint density at radius 1 is 1.11 bits per heavy atom. The van der Waals surface area contributed by atoms with Crippen LogP contribution in [0.4, 0.5) is 0 Å². The maximum absolute atomic E-state index is 5.88. The quantitative estimate of drug-likeness (QED) is 0.771. The molecule has 18 heavy (non-hydrogen) atoms. The Hall–Kier alpha value is -1.22. The lowest BCUT2D eigenvalue weighted by atomic mass is 9.80. The highest BCUT2D eigenvalue weighted by molar-refractivity contribution is 5.39. The van der Waals surface area contributed by atoms with Gasteiger partial charge in [-0.15, -0.1) is 0 Å². The van der Waals surface area contributed by atoms with E-state index in [0.717, 1.165) is 37.3 Å². The standard InChI is InChI=1S/C15H25NO2/c1-4-15(5-2,12-16)10-11-18-14-9-7-6-8-13(14)17-3/h6-9H,4-5,10-12,16H2,1-3H3. The van der Waals surface area contributed by atoms with Crippen molar-refractivity contribution in [2.24, 2.45) is 11.1 Å². The minimum Gasteiger partial charge on any atom is -0.493 e. The van der Waals surface area contributed by atoms with Crippen LogP contribution < -0.4 is 15.2 Å². The van der Waals surface area contributed by atoms with Gasteiger partial charge in [0.05, 0.1) is 13.7 Å². The van der Waals surface area contributed by atoms with E-state index in [1.807, 2.05) is 24.3 Å². The van der Waals surface area contributed by atoms with Crippen molar-refractivity contribution in [3.8, 4) is 11.5 Å². The molecule has 0 spiro atoms. The topological polar surface area (TPSA) is 44.5 Å². The zero-order chi connectivity index (χ0) is 13.4. The van der Waals surface area contributed by atoms with Crippen LogP contribution in [0.2, 0.25) is 0 Å². The second-order valence-corrected chi connectivity index (χ2v) is 4.66. The van der Waals surface area contributed by atoms with E-state index in [1.54, 1.807) is 7.11 Å². The molecule has 0 heterocycles. The molecule has 0 aliphatic carbocycles. The number of rotatable bonds is 8. The molecule has 2 N–H and O–H groups in total. The highest BCUT2D eigenvalue weighted by Gasteiger charge is 2.24. The van der Waals surface area contributed by atoms with Crippen molar-refractivity contribution in [1.82, 2.24) is 0 Å². The van der Waals surface area contributed by atoms with Crippen LogP contribution >= 0.6 is 0 Å². The molecule has 0 aliphatic rings. The van der Waals surface area contributed by atoms with Crippen molar-refractivity contribution in [2.45, 2.75) is 33.1 Å². The Labute approximate surface area is 110 Å². The first-order valence-corrected chi connectivity index (χ1v) is 6.67. The van der Waals surface area contributed by atoms with E-state index in [9.17, 15) is 0 Å². The Bertz CT molecular complexity index is 340. The largest absolute Gasteiger partial charge is 0.493 e. The van der Waals surface area contributed by atoms with Crippen molar-refractivity contribution >= 4 is 0 Å². The maximum Gasteiger partial charge on any atom is 0.161 e. The van der Waals surface area contributed by atoms with Gasteiger partial charge in [-0.3, -0.25) is 0 Å². The van der Waals surface area contributed by atoms with Crippen molar-refractivity contribution < 1.29 is 9.47 Å². The molecule has 1 aromatic carbocycles. The third-order valence-corrected chi connectivity index (χ3v) is 3.89. The molecule has 0 unspecified atom stereocenters. The zero-order valence-corrected chi connectivity index (χ0v) is 11.7. The summed E-state index contributed by atoms with van der Waals surface area (Å²) >= 11 is 0. The Kier molecular flexibility index (Phi) is 5.99. The van der Waals surface area contributed by atoms with E-state index in [1.165, 1.54) is 0 Å². The molecule has 1 rings (SSSR count). The third-order valence-electron chi connectivity index (χ3n) is 3.89. The molecule has 0 bridgehead atoms. The van der Waals surface area contributed by atoms with Gasteiger partial charge in [0.15, 0.2) is 11.5 Å². The summed E-state index contributed by atoms with van der Waals surface area (Å²) in [5.41, 5.74) is 6.09. The lowest BCUT2D eigenvalue weighted by molar-refractivity contribution is 0.183. The third kappa shape index (κ3) is 3.64. The van der Waals surface area contributed by atoms with Gasteiger partial charge in [0.2, 0.25) is 0 Å². The van der Waals surface area contributed by atoms with Crippen LogP contribution in [0.25, 0.3) is 0 Å². The van der Waals surface area contributed by atoms with Gasteiger partial charge < -0.3 is 15.2 Å². The highest BCUT2D eigenvalue weighted by atomic mass is 16.5. The summed E-state index contributed by atoms with van der Waals surface area (Å²) in [6.07, 6.45) is 3.17. The first kappa shape index (κ1) is 14.8. The van der Waals surface area contributed by atoms with E-state index in [0.29, 0.717) is 6.61 Å². The van der Waals surface area contributed by atoms with Crippen molar-refractivity contribution in [3.63, 3.8) is 0 Å². The SMILES string of the molecule is CCC(CC)(CN)CCOc1ccccc1OC. The number of methoxy groups -OCH3 is 1. The van der Waals surface area contributed by atoms with Crippen LogP contribution in [0.15, 0.2) is 24.3 Å². The predicted octanol–water partition coefficient (Wildman–Crippen LogP) is 3.23. The monoisotopic (exact) mass is 251 g/mol. The zero-order valence-electron chi connectivity index (χ0n) is 11.7. The van der Waals surface area contributed by atoms with Crippen LogP contribution in [-0.4, -0.2) is 20.3 Å². The molecule has 3 heteroatoms. The summed E-state index contributed by atoms with van der Waals surface area (Å²) < 4.78 is 11.1. The average molecular weight is 251 g/mol. The lowest BCUT2D eigenvalue weighted by Crippen LogP contribution is -2.31. The number of hydrogen-bond donors (Lipinski definition) is 1. The van der Waals surface area contributed by atoms with Crippen molar-refractivity contribution in [2.75, 3.05) is 20.3 Å². The molecule has 0 saturated carbocycles. The minimum absolute atomic E-state index is 0.210. The van der Waals surface area contributed by atoms with Gasteiger partial charge in [0, 0.05) is 0 Å². The van der Waals surface area contributed by atoms with Crippen LogP contribution in [-0.2, 0) is 0 Å². The summed E-state index contributed by atoms with van der Waals surface area (Å²) in [6, 6.07) is 7.73. The minimum atomic E-state index is 0.210. The Morgan fingerprint density at radius 2 is 1.72 bits per heavy atom. The second-order valence-electron chi connectivity index (χ2n) is 4.66. The van der Waals surface area contributed by atoms with Gasteiger partial charge in [-0.05, 0) is 43.4 Å². The molecule has 0 fully saturated rings. The number of ether oxygens (including phenoxy) is 2. The van der Waals surface area contributed by atoms with E-state index < -0.39 is 0 Å². The number of hydrogen-bond acceptors (Lipinski definition) is 3. The van der Waals surface area contributed by atoms with Crippen LogP contribution in [0.1, 0.15) is 33.1 Å². The van der Waals surface area contributed by atoms with Gasteiger partial charge in [0.1, 0.15) is 0 Å². The molecule has 0 saturated heterocycles. The first-order valence-electron chi connectivity index (χ1n) is 6.67. The Balaban J connectivity index is 2.55. The van der Waals surface area contributed by atoms with Crippen LogP contribution in [0, 0.1) is 5.41 Å². The van der Waals surface area contributed by atoms with Crippen LogP contribution in [0.3, 0.4) is 0 Å². The Morgan fingerprint density at radius 3 is 2.22 bits per heavy atom. The molecule has 1 aromatic rings. The summed E-state index contributed by atoms with van der Waals surface area (Å²) in [5.74, 6) is 1.59. The summed E-state index contributed by atoms with van der Waals surface area (Å²) in [5, 5.41) is 0. The van der Waals surface area contributed by atoms with Gasteiger partial charge in [0.25, 0.3) is 0 Å². The van der Waals surface area contributed by atoms with E-state index in [2.05, 4.69) is 13.8 Å². The molecular weight excluding hydrogens is 226 g/mol. The molecule has 0 aromatic heterocycles. The van der Waals surface area contributed by atoms with E-state index in [4.69, 9.17) is 15.2 Å². The molecular formula is C15H25NO2. The average Bonchev–Trinajstić information content (AvgIpc) is 2.44. The molecule has 102 valence electrons. The van der Waals surface area contributed by atoms with Crippen LogP contribution in [0.5, 0.6) is 11.5 Å². The molecule has 0 radical (unpaired) electrons. The second kappa shape index (κ2) is 7.27. The van der Waals surface area contributed by atoms with E-state index in [-0.39, 0.29) is 5.41 Å². The fraction of sp³-hybridized carbons (Fsp3) is 0.600. The van der Waals surface area contributed by atoms with Gasteiger partial charge in [-0.2, -0.15) is 0 Å².